The number of rotatable bonds is 4. The Morgan fingerprint density at radius 1 is 1.18 bits per heavy atom. The van der Waals surface area contributed by atoms with Crippen LogP contribution >= 0.6 is 23.4 Å². The standard InChI is InChI=1S/C9H8ClN5OS/c1-2-16-7-13-6(10)14-9(15-7)17-8-11-4-3-5-12-8/h3-5H,2H2,1H3. The van der Waals surface area contributed by atoms with Gasteiger partial charge in [-0.2, -0.15) is 15.0 Å². The van der Waals surface area contributed by atoms with E-state index in [0.29, 0.717) is 16.9 Å². The second-order valence-corrected chi connectivity index (χ2v) is 4.01. The number of halogens is 1. The SMILES string of the molecule is CCOc1nc(Cl)nc(Sc2ncccn2)n1. The minimum Gasteiger partial charge on any atom is -0.464 e. The van der Waals surface area contributed by atoms with E-state index in [1.54, 1.807) is 18.5 Å². The molecule has 0 atom stereocenters. The van der Waals surface area contributed by atoms with Gasteiger partial charge in [0.15, 0.2) is 5.16 Å². The first-order valence-electron chi connectivity index (χ1n) is 4.77. The summed E-state index contributed by atoms with van der Waals surface area (Å²) in [5.74, 6) is 0. The zero-order chi connectivity index (χ0) is 12.1. The summed E-state index contributed by atoms with van der Waals surface area (Å²) in [5, 5.41) is 1.03. The van der Waals surface area contributed by atoms with Gasteiger partial charge in [0.2, 0.25) is 10.4 Å². The van der Waals surface area contributed by atoms with Crippen molar-refractivity contribution >= 4 is 23.4 Å². The largest absolute Gasteiger partial charge is 0.464 e. The first-order chi connectivity index (χ1) is 8.28. The fourth-order valence-electron chi connectivity index (χ4n) is 0.974. The molecule has 2 aromatic heterocycles. The maximum atomic E-state index is 5.76. The van der Waals surface area contributed by atoms with Crippen LogP contribution in [0.15, 0.2) is 28.8 Å². The lowest BCUT2D eigenvalue weighted by atomic mass is 10.7. The molecule has 0 radical (unpaired) electrons. The molecule has 6 nitrogen and oxygen atoms in total. The fourth-order valence-corrected chi connectivity index (χ4v) is 1.82. The molecule has 0 bridgehead atoms. The highest BCUT2D eigenvalue weighted by molar-refractivity contribution is 7.99. The third kappa shape index (κ3) is 3.50. The van der Waals surface area contributed by atoms with Gasteiger partial charge in [0, 0.05) is 12.4 Å². The van der Waals surface area contributed by atoms with Gasteiger partial charge >= 0.3 is 6.01 Å². The molecule has 8 heteroatoms. The maximum absolute atomic E-state index is 5.76. The van der Waals surface area contributed by atoms with Crippen molar-refractivity contribution in [3.63, 3.8) is 0 Å². The lowest BCUT2D eigenvalue weighted by Crippen LogP contribution is -2.00. The van der Waals surface area contributed by atoms with Crippen molar-refractivity contribution in [1.29, 1.82) is 0 Å². The molecule has 0 unspecified atom stereocenters. The average Bonchev–Trinajstić information content (AvgIpc) is 2.30. The first-order valence-corrected chi connectivity index (χ1v) is 5.96. The van der Waals surface area contributed by atoms with Gasteiger partial charge < -0.3 is 4.74 Å². The topological polar surface area (TPSA) is 73.7 Å². The van der Waals surface area contributed by atoms with Crippen molar-refractivity contribution in [2.24, 2.45) is 0 Å². The number of hydrogen-bond donors (Lipinski definition) is 0. The molecule has 0 aliphatic carbocycles. The van der Waals surface area contributed by atoms with E-state index in [0.717, 1.165) is 0 Å². The Morgan fingerprint density at radius 3 is 2.65 bits per heavy atom. The van der Waals surface area contributed by atoms with Gasteiger partial charge in [0.25, 0.3) is 0 Å². The second kappa shape index (κ2) is 5.74. The Bertz CT molecular complexity index is 498. The summed E-state index contributed by atoms with van der Waals surface area (Å²) in [6.45, 7) is 2.30. The van der Waals surface area contributed by atoms with Crippen molar-refractivity contribution in [2.75, 3.05) is 6.61 Å². The van der Waals surface area contributed by atoms with Crippen LogP contribution in [0.1, 0.15) is 6.92 Å². The molecule has 0 fully saturated rings. The van der Waals surface area contributed by atoms with E-state index in [1.165, 1.54) is 11.8 Å². The Labute approximate surface area is 107 Å². The van der Waals surface area contributed by atoms with Crippen LogP contribution in [0, 0.1) is 0 Å². The van der Waals surface area contributed by atoms with Gasteiger partial charge in [-0.1, -0.05) is 0 Å². The summed E-state index contributed by atoms with van der Waals surface area (Å²) in [5.41, 5.74) is 0. The van der Waals surface area contributed by atoms with Gasteiger partial charge in [0.05, 0.1) is 6.61 Å². The predicted octanol–water partition coefficient (Wildman–Crippen LogP) is 1.86. The Morgan fingerprint density at radius 2 is 1.94 bits per heavy atom. The quantitative estimate of drug-likeness (QED) is 0.784. The van der Waals surface area contributed by atoms with Crippen molar-refractivity contribution in [2.45, 2.75) is 17.2 Å². The van der Waals surface area contributed by atoms with Gasteiger partial charge in [-0.25, -0.2) is 9.97 Å². The molecule has 0 aliphatic rings. The first kappa shape index (κ1) is 12.0. The van der Waals surface area contributed by atoms with Crippen molar-refractivity contribution in [1.82, 2.24) is 24.9 Å². The summed E-state index contributed by atoms with van der Waals surface area (Å²) >= 11 is 6.95. The van der Waals surface area contributed by atoms with Crippen LogP contribution in [0.2, 0.25) is 5.28 Å². The van der Waals surface area contributed by atoms with Crippen molar-refractivity contribution in [3.05, 3.63) is 23.7 Å². The zero-order valence-corrected chi connectivity index (χ0v) is 10.4. The molecule has 2 rings (SSSR count). The Kier molecular flexibility index (Phi) is 4.05. The predicted molar refractivity (Wildman–Crippen MR) is 62.2 cm³/mol. The molecule has 0 aromatic carbocycles. The lowest BCUT2D eigenvalue weighted by Gasteiger charge is -2.02. The fraction of sp³-hybridized carbons (Fsp3) is 0.222. The smallest absolute Gasteiger partial charge is 0.321 e. The summed E-state index contributed by atoms with van der Waals surface area (Å²) < 4.78 is 5.16. The lowest BCUT2D eigenvalue weighted by molar-refractivity contribution is 0.307. The molecule has 17 heavy (non-hydrogen) atoms. The van der Waals surface area contributed by atoms with Crippen molar-refractivity contribution < 1.29 is 4.74 Å². The van der Waals surface area contributed by atoms with Crippen LogP contribution in [0.3, 0.4) is 0 Å². The molecule has 0 saturated heterocycles. The Balaban J connectivity index is 2.21. The molecule has 0 amide bonds. The van der Waals surface area contributed by atoms with E-state index in [9.17, 15) is 0 Å². The van der Waals surface area contributed by atoms with Crippen LogP contribution in [-0.4, -0.2) is 31.5 Å². The molecular formula is C9H8ClN5OS. The van der Waals surface area contributed by atoms with Crippen LogP contribution in [0.4, 0.5) is 0 Å². The average molecular weight is 270 g/mol. The second-order valence-electron chi connectivity index (χ2n) is 2.74. The molecule has 0 spiro atoms. The number of nitrogens with zero attached hydrogens (tertiary/aromatic N) is 5. The van der Waals surface area contributed by atoms with Crippen LogP contribution in [-0.2, 0) is 0 Å². The molecule has 2 heterocycles. The summed E-state index contributed by atoms with van der Waals surface area (Å²) in [4.78, 5) is 20.0. The van der Waals surface area contributed by atoms with E-state index in [-0.39, 0.29) is 11.3 Å². The highest BCUT2D eigenvalue weighted by atomic mass is 35.5. The van der Waals surface area contributed by atoms with Gasteiger partial charge in [-0.3, -0.25) is 0 Å². The monoisotopic (exact) mass is 269 g/mol. The maximum Gasteiger partial charge on any atom is 0.321 e. The Hall–Kier alpha value is -1.47. The molecule has 2 aromatic rings. The minimum absolute atomic E-state index is 0.0851. The summed E-state index contributed by atoms with van der Waals surface area (Å²) in [6.07, 6.45) is 3.28. The van der Waals surface area contributed by atoms with Crippen LogP contribution in [0.25, 0.3) is 0 Å². The molecule has 0 saturated carbocycles. The highest BCUT2D eigenvalue weighted by Crippen LogP contribution is 2.22. The van der Waals surface area contributed by atoms with E-state index < -0.39 is 0 Å². The van der Waals surface area contributed by atoms with Gasteiger partial charge in [0.1, 0.15) is 0 Å². The van der Waals surface area contributed by atoms with Crippen LogP contribution in [0.5, 0.6) is 6.01 Å². The van der Waals surface area contributed by atoms with E-state index in [4.69, 9.17) is 16.3 Å². The van der Waals surface area contributed by atoms with Gasteiger partial charge in [-0.15, -0.1) is 0 Å². The highest BCUT2D eigenvalue weighted by Gasteiger charge is 2.08. The third-order valence-electron chi connectivity index (χ3n) is 1.57. The number of aromatic nitrogens is 5. The summed E-state index contributed by atoms with van der Waals surface area (Å²) in [7, 11) is 0. The van der Waals surface area contributed by atoms with Crippen LogP contribution < -0.4 is 4.74 Å². The molecular weight excluding hydrogens is 262 g/mol. The van der Waals surface area contributed by atoms with Gasteiger partial charge in [-0.05, 0) is 36.4 Å². The molecule has 0 aliphatic heterocycles. The third-order valence-corrected chi connectivity index (χ3v) is 2.49. The van der Waals surface area contributed by atoms with E-state index in [2.05, 4.69) is 24.9 Å². The number of hydrogen-bond acceptors (Lipinski definition) is 7. The normalized spacial score (nSPS) is 10.2. The summed E-state index contributed by atoms with van der Waals surface area (Å²) in [6, 6.07) is 1.93. The van der Waals surface area contributed by atoms with Crippen molar-refractivity contribution in [3.8, 4) is 6.01 Å². The van der Waals surface area contributed by atoms with E-state index in [1.807, 2.05) is 6.92 Å². The molecule has 88 valence electrons. The zero-order valence-electron chi connectivity index (χ0n) is 8.87. The minimum atomic E-state index is 0.0851. The number of ether oxygens (including phenoxy) is 1. The molecule has 0 N–H and O–H groups in total. The van der Waals surface area contributed by atoms with E-state index >= 15 is 0 Å².